The average Bonchev–Trinajstić information content (AvgIpc) is 2.86. The van der Waals surface area contributed by atoms with E-state index in [1.165, 1.54) is 19.3 Å². The normalized spacial score (nSPS) is 35.4. The zero-order valence-electron chi connectivity index (χ0n) is 12.5. The first-order valence-corrected chi connectivity index (χ1v) is 7.37. The Morgan fingerprint density at radius 3 is 2.58 bits per heavy atom. The highest BCUT2D eigenvalue weighted by molar-refractivity contribution is 5.57. The van der Waals surface area contributed by atoms with Crippen molar-refractivity contribution in [3.63, 3.8) is 0 Å². The molecule has 0 aliphatic heterocycles. The number of rotatable bonds is 3. The van der Waals surface area contributed by atoms with Crippen LogP contribution < -0.4 is 10.1 Å². The molecule has 2 fully saturated rings. The summed E-state index contributed by atoms with van der Waals surface area (Å²) in [7, 11) is 1.74. The van der Waals surface area contributed by atoms with Crippen LogP contribution in [0.15, 0.2) is 24.3 Å². The van der Waals surface area contributed by atoms with Crippen LogP contribution in [-0.2, 0) is 0 Å². The maximum atomic E-state index is 5.47. The SMILES string of the molecule is COc1ccccc1NC1C(C)(C)[C@H]2CC[C@]1(C)C2. The molecule has 3 atom stereocenters. The van der Waals surface area contributed by atoms with Gasteiger partial charge in [0.15, 0.2) is 0 Å². The highest BCUT2D eigenvalue weighted by Crippen LogP contribution is 2.63. The minimum Gasteiger partial charge on any atom is -0.495 e. The van der Waals surface area contributed by atoms with E-state index in [9.17, 15) is 0 Å². The minimum atomic E-state index is 0.369. The number of fused-ring (bicyclic) bond motifs is 2. The van der Waals surface area contributed by atoms with Crippen LogP contribution in [0.4, 0.5) is 5.69 Å². The summed E-state index contributed by atoms with van der Waals surface area (Å²) in [6, 6.07) is 8.80. The summed E-state index contributed by atoms with van der Waals surface area (Å²) in [6.45, 7) is 7.30. The number of hydrogen-bond donors (Lipinski definition) is 1. The van der Waals surface area contributed by atoms with Crippen molar-refractivity contribution in [3.05, 3.63) is 24.3 Å². The van der Waals surface area contributed by atoms with E-state index in [4.69, 9.17) is 4.74 Å². The van der Waals surface area contributed by atoms with E-state index in [0.29, 0.717) is 16.9 Å². The van der Waals surface area contributed by atoms with E-state index in [-0.39, 0.29) is 0 Å². The molecule has 1 aromatic rings. The van der Waals surface area contributed by atoms with Gasteiger partial charge in [0.1, 0.15) is 5.75 Å². The molecule has 3 rings (SSSR count). The van der Waals surface area contributed by atoms with Gasteiger partial charge in [0.05, 0.1) is 12.8 Å². The molecule has 2 aliphatic rings. The molecule has 2 bridgehead atoms. The highest BCUT2D eigenvalue weighted by Gasteiger charge is 2.59. The third-order valence-corrected chi connectivity index (χ3v) is 5.68. The molecule has 104 valence electrons. The largest absolute Gasteiger partial charge is 0.495 e. The number of hydrogen-bond acceptors (Lipinski definition) is 2. The zero-order chi connectivity index (χ0) is 13.7. The van der Waals surface area contributed by atoms with Gasteiger partial charge < -0.3 is 10.1 Å². The zero-order valence-corrected chi connectivity index (χ0v) is 12.5. The summed E-state index contributed by atoms with van der Waals surface area (Å²) in [5.41, 5.74) is 1.94. The Kier molecular flexibility index (Phi) is 2.81. The molecule has 0 heterocycles. The van der Waals surface area contributed by atoms with E-state index >= 15 is 0 Å². The molecule has 0 spiro atoms. The van der Waals surface area contributed by atoms with Crippen LogP contribution in [0, 0.1) is 16.7 Å². The van der Waals surface area contributed by atoms with E-state index < -0.39 is 0 Å². The summed E-state index contributed by atoms with van der Waals surface area (Å²) in [4.78, 5) is 0. The van der Waals surface area contributed by atoms with Crippen LogP contribution in [0.1, 0.15) is 40.0 Å². The van der Waals surface area contributed by atoms with Gasteiger partial charge in [0.25, 0.3) is 0 Å². The summed E-state index contributed by atoms with van der Waals surface area (Å²) in [6.07, 6.45) is 4.12. The van der Waals surface area contributed by atoms with Crippen LogP contribution in [0.25, 0.3) is 0 Å². The van der Waals surface area contributed by atoms with Crippen molar-refractivity contribution in [3.8, 4) is 5.75 Å². The molecular weight excluding hydrogens is 234 g/mol. The fraction of sp³-hybridized carbons (Fsp3) is 0.647. The second-order valence-corrected chi connectivity index (χ2v) is 7.19. The molecule has 1 N–H and O–H groups in total. The van der Waals surface area contributed by atoms with E-state index in [2.05, 4.69) is 38.2 Å². The molecule has 2 heteroatoms. The topological polar surface area (TPSA) is 21.3 Å². The summed E-state index contributed by atoms with van der Waals surface area (Å²) in [5, 5.41) is 3.80. The van der Waals surface area contributed by atoms with Gasteiger partial charge in [0, 0.05) is 6.04 Å². The molecule has 19 heavy (non-hydrogen) atoms. The fourth-order valence-corrected chi connectivity index (χ4v) is 4.58. The average molecular weight is 259 g/mol. The maximum absolute atomic E-state index is 5.47. The minimum absolute atomic E-state index is 0.369. The fourth-order valence-electron chi connectivity index (χ4n) is 4.58. The van der Waals surface area contributed by atoms with Crippen LogP contribution in [-0.4, -0.2) is 13.2 Å². The van der Waals surface area contributed by atoms with Crippen molar-refractivity contribution in [2.45, 2.75) is 46.1 Å². The lowest BCUT2D eigenvalue weighted by atomic mass is 9.68. The second-order valence-electron chi connectivity index (χ2n) is 7.19. The summed E-state index contributed by atoms with van der Waals surface area (Å²) < 4.78 is 5.47. The molecular formula is C17H25NO. The lowest BCUT2D eigenvalue weighted by molar-refractivity contribution is 0.155. The number of methoxy groups -OCH3 is 1. The third kappa shape index (κ3) is 1.84. The van der Waals surface area contributed by atoms with Gasteiger partial charge in [-0.25, -0.2) is 0 Å². The Morgan fingerprint density at radius 2 is 1.95 bits per heavy atom. The van der Waals surface area contributed by atoms with Crippen molar-refractivity contribution in [1.82, 2.24) is 0 Å². The molecule has 0 radical (unpaired) electrons. The number of benzene rings is 1. The Morgan fingerprint density at radius 1 is 1.21 bits per heavy atom. The number of para-hydroxylation sites is 2. The van der Waals surface area contributed by atoms with Crippen molar-refractivity contribution < 1.29 is 4.74 Å². The Labute approximate surface area is 116 Å². The first-order chi connectivity index (χ1) is 8.97. The number of anilines is 1. The van der Waals surface area contributed by atoms with Crippen molar-refractivity contribution >= 4 is 5.69 Å². The van der Waals surface area contributed by atoms with Crippen LogP contribution >= 0.6 is 0 Å². The van der Waals surface area contributed by atoms with Gasteiger partial charge in [-0.05, 0) is 48.1 Å². The third-order valence-electron chi connectivity index (χ3n) is 5.68. The Balaban J connectivity index is 1.90. The summed E-state index contributed by atoms with van der Waals surface area (Å²) >= 11 is 0. The first kappa shape index (κ1) is 12.8. The van der Waals surface area contributed by atoms with Gasteiger partial charge in [-0.2, -0.15) is 0 Å². The molecule has 2 aliphatic carbocycles. The number of nitrogens with one attached hydrogen (secondary N) is 1. The second kappa shape index (κ2) is 4.16. The molecule has 2 saturated carbocycles. The van der Waals surface area contributed by atoms with Gasteiger partial charge in [-0.3, -0.25) is 0 Å². The quantitative estimate of drug-likeness (QED) is 0.872. The predicted molar refractivity (Wildman–Crippen MR) is 79.6 cm³/mol. The van der Waals surface area contributed by atoms with Gasteiger partial charge in [0.2, 0.25) is 0 Å². The maximum Gasteiger partial charge on any atom is 0.141 e. The first-order valence-electron chi connectivity index (χ1n) is 7.37. The summed E-state index contributed by atoms with van der Waals surface area (Å²) in [5.74, 6) is 1.81. The molecule has 2 nitrogen and oxygen atoms in total. The Hall–Kier alpha value is -1.18. The monoisotopic (exact) mass is 259 g/mol. The van der Waals surface area contributed by atoms with Crippen LogP contribution in [0.5, 0.6) is 5.75 Å². The smallest absolute Gasteiger partial charge is 0.141 e. The Bertz CT molecular complexity index is 477. The van der Waals surface area contributed by atoms with Gasteiger partial charge >= 0.3 is 0 Å². The molecule has 0 aromatic heterocycles. The van der Waals surface area contributed by atoms with E-state index in [0.717, 1.165) is 17.4 Å². The van der Waals surface area contributed by atoms with E-state index in [1.54, 1.807) is 7.11 Å². The highest BCUT2D eigenvalue weighted by atomic mass is 16.5. The van der Waals surface area contributed by atoms with Gasteiger partial charge in [-0.1, -0.05) is 32.9 Å². The van der Waals surface area contributed by atoms with Crippen LogP contribution in [0.3, 0.4) is 0 Å². The van der Waals surface area contributed by atoms with Crippen molar-refractivity contribution in [1.29, 1.82) is 0 Å². The lowest BCUT2D eigenvalue weighted by Crippen LogP contribution is -2.45. The standard InChI is InChI=1S/C17H25NO/c1-16(2)12-9-10-17(3,11-12)15(16)18-13-7-5-6-8-14(13)19-4/h5-8,12,15,18H,9-11H2,1-4H3/t12-,15?,17+/m0/s1. The molecule has 1 aromatic carbocycles. The van der Waals surface area contributed by atoms with E-state index in [1.807, 2.05) is 12.1 Å². The molecule has 0 saturated heterocycles. The van der Waals surface area contributed by atoms with Crippen molar-refractivity contribution in [2.24, 2.45) is 16.7 Å². The predicted octanol–water partition coefficient (Wildman–Crippen LogP) is 4.32. The lowest BCUT2D eigenvalue weighted by Gasteiger charge is -2.43. The van der Waals surface area contributed by atoms with Gasteiger partial charge in [-0.15, -0.1) is 0 Å². The molecule has 0 amide bonds. The van der Waals surface area contributed by atoms with Crippen molar-refractivity contribution in [2.75, 3.05) is 12.4 Å². The number of ether oxygens (including phenoxy) is 1. The van der Waals surface area contributed by atoms with Crippen LogP contribution in [0.2, 0.25) is 0 Å². The molecule has 1 unspecified atom stereocenters.